The van der Waals surface area contributed by atoms with E-state index in [1.54, 1.807) is 6.92 Å². The van der Waals surface area contributed by atoms with Crippen molar-refractivity contribution in [1.29, 1.82) is 0 Å². The summed E-state index contributed by atoms with van der Waals surface area (Å²) in [4.78, 5) is 4.42. The zero-order valence-electron chi connectivity index (χ0n) is 9.44. The van der Waals surface area contributed by atoms with Crippen LogP contribution in [0.1, 0.15) is 31.3 Å². The lowest BCUT2D eigenvalue weighted by Crippen LogP contribution is -2.24. The average Bonchev–Trinajstić information content (AvgIpc) is 2.69. The quantitative estimate of drug-likeness (QED) is 0.845. The topological polar surface area (TPSA) is 64.0 Å². The lowest BCUT2D eigenvalue weighted by Gasteiger charge is -2.11. The summed E-state index contributed by atoms with van der Waals surface area (Å²) >= 11 is 0. The number of rotatable bonds is 4. The normalized spacial score (nSPS) is 16.1. The number of sulfonamides is 1. The molecule has 2 rings (SSSR count). The standard InChI is InChI=1S/C10H17N3O2S/c1-2-16(14,15)11-7-9-8-13-6-4-3-5-10(13)12-9/h8,11H,2-7H2,1H3. The molecule has 6 heteroatoms. The fraction of sp³-hybridized carbons (Fsp3) is 0.700. The molecule has 1 N–H and O–H groups in total. The minimum Gasteiger partial charge on any atom is -0.335 e. The van der Waals surface area contributed by atoms with Gasteiger partial charge in [-0.2, -0.15) is 0 Å². The molecular formula is C10H17N3O2S. The predicted octanol–water partition coefficient (Wildman–Crippen LogP) is 0.659. The Morgan fingerprint density at radius 3 is 3.00 bits per heavy atom. The second-order valence-electron chi connectivity index (χ2n) is 4.02. The van der Waals surface area contributed by atoms with E-state index < -0.39 is 10.0 Å². The summed E-state index contributed by atoms with van der Waals surface area (Å²) < 4.78 is 27.2. The van der Waals surface area contributed by atoms with Crippen molar-refractivity contribution in [2.24, 2.45) is 0 Å². The number of hydrogen-bond acceptors (Lipinski definition) is 3. The molecule has 1 aromatic heterocycles. The second kappa shape index (κ2) is 4.55. The van der Waals surface area contributed by atoms with E-state index in [-0.39, 0.29) is 5.75 Å². The maximum absolute atomic E-state index is 11.3. The number of nitrogens with zero attached hydrogens (tertiary/aromatic N) is 2. The fourth-order valence-corrected chi connectivity index (χ4v) is 2.41. The van der Waals surface area contributed by atoms with Crippen LogP contribution in [0.4, 0.5) is 0 Å². The van der Waals surface area contributed by atoms with Crippen molar-refractivity contribution >= 4 is 10.0 Å². The molecular weight excluding hydrogens is 226 g/mol. The zero-order chi connectivity index (χ0) is 11.6. The third-order valence-electron chi connectivity index (χ3n) is 2.81. The van der Waals surface area contributed by atoms with E-state index in [9.17, 15) is 8.42 Å². The lowest BCUT2D eigenvalue weighted by atomic mass is 10.2. The summed E-state index contributed by atoms with van der Waals surface area (Å²) in [6.07, 6.45) is 5.31. The molecule has 0 spiro atoms. The van der Waals surface area contributed by atoms with Crippen LogP contribution in [-0.2, 0) is 29.5 Å². The Kier molecular flexibility index (Phi) is 3.30. The van der Waals surface area contributed by atoms with Gasteiger partial charge in [-0.1, -0.05) is 0 Å². The maximum Gasteiger partial charge on any atom is 0.211 e. The Hall–Kier alpha value is -0.880. The Bertz CT molecular complexity index is 441. The highest BCUT2D eigenvalue weighted by atomic mass is 32.2. The predicted molar refractivity (Wildman–Crippen MR) is 61.5 cm³/mol. The number of fused-ring (bicyclic) bond motifs is 1. The molecule has 0 aromatic carbocycles. The molecule has 0 unspecified atom stereocenters. The van der Waals surface area contributed by atoms with Gasteiger partial charge in [0.2, 0.25) is 10.0 Å². The summed E-state index contributed by atoms with van der Waals surface area (Å²) in [7, 11) is -3.12. The molecule has 0 radical (unpaired) electrons. The molecule has 5 nitrogen and oxygen atoms in total. The second-order valence-corrected chi connectivity index (χ2v) is 6.12. The molecule has 1 aromatic rings. The van der Waals surface area contributed by atoms with Crippen LogP contribution >= 0.6 is 0 Å². The van der Waals surface area contributed by atoms with E-state index in [1.165, 1.54) is 12.8 Å². The summed E-state index contributed by atoms with van der Waals surface area (Å²) in [5.41, 5.74) is 0.814. The van der Waals surface area contributed by atoms with Gasteiger partial charge in [-0.05, 0) is 19.8 Å². The van der Waals surface area contributed by atoms with Crippen molar-refractivity contribution in [2.75, 3.05) is 5.75 Å². The Labute approximate surface area is 95.9 Å². The Balaban J connectivity index is 2.03. The van der Waals surface area contributed by atoms with Crippen molar-refractivity contribution in [2.45, 2.75) is 39.3 Å². The van der Waals surface area contributed by atoms with E-state index >= 15 is 0 Å². The van der Waals surface area contributed by atoms with Crippen molar-refractivity contribution in [1.82, 2.24) is 14.3 Å². The van der Waals surface area contributed by atoms with Crippen LogP contribution in [0.25, 0.3) is 0 Å². The minimum atomic E-state index is -3.12. The number of aromatic nitrogens is 2. The average molecular weight is 243 g/mol. The van der Waals surface area contributed by atoms with Gasteiger partial charge in [0.25, 0.3) is 0 Å². The summed E-state index contributed by atoms with van der Waals surface area (Å²) in [6, 6.07) is 0. The SMILES string of the molecule is CCS(=O)(=O)NCc1cn2c(n1)CCCC2. The van der Waals surface area contributed by atoms with Gasteiger partial charge in [-0.25, -0.2) is 18.1 Å². The van der Waals surface area contributed by atoms with Crippen LogP contribution in [0.15, 0.2) is 6.20 Å². The molecule has 1 aliphatic rings. The van der Waals surface area contributed by atoms with Crippen molar-refractivity contribution in [3.8, 4) is 0 Å². The van der Waals surface area contributed by atoms with Crippen LogP contribution in [-0.4, -0.2) is 23.7 Å². The number of imidazole rings is 1. The number of aryl methyl sites for hydroxylation is 2. The van der Waals surface area contributed by atoms with E-state index in [4.69, 9.17) is 0 Å². The highest BCUT2D eigenvalue weighted by Gasteiger charge is 2.13. The molecule has 2 heterocycles. The van der Waals surface area contributed by atoms with Gasteiger partial charge in [0.15, 0.2) is 0 Å². The van der Waals surface area contributed by atoms with E-state index in [0.717, 1.165) is 24.5 Å². The molecule has 0 atom stereocenters. The van der Waals surface area contributed by atoms with Crippen LogP contribution in [0.3, 0.4) is 0 Å². The Morgan fingerprint density at radius 2 is 2.31 bits per heavy atom. The molecule has 1 aliphatic heterocycles. The maximum atomic E-state index is 11.3. The van der Waals surface area contributed by atoms with Crippen molar-refractivity contribution < 1.29 is 8.42 Å². The largest absolute Gasteiger partial charge is 0.335 e. The van der Waals surface area contributed by atoms with Crippen LogP contribution in [0.5, 0.6) is 0 Å². The summed E-state index contributed by atoms with van der Waals surface area (Å²) in [5, 5.41) is 0. The van der Waals surface area contributed by atoms with E-state index in [2.05, 4.69) is 14.3 Å². The van der Waals surface area contributed by atoms with E-state index in [1.807, 2.05) is 6.20 Å². The van der Waals surface area contributed by atoms with Crippen LogP contribution < -0.4 is 4.72 Å². The third-order valence-corrected chi connectivity index (χ3v) is 4.16. The summed E-state index contributed by atoms with van der Waals surface area (Å²) in [6.45, 7) is 2.93. The van der Waals surface area contributed by atoms with Gasteiger partial charge in [-0.15, -0.1) is 0 Å². The van der Waals surface area contributed by atoms with Crippen LogP contribution in [0, 0.1) is 0 Å². The monoisotopic (exact) mass is 243 g/mol. The van der Waals surface area contributed by atoms with E-state index in [0.29, 0.717) is 6.54 Å². The van der Waals surface area contributed by atoms with Gasteiger partial charge >= 0.3 is 0 Å². The highest BCUT2D eigenvalue weighted by molar-refractivity contribution is 7.89. The smallest absolute Gasteiger partial charge is 0.211 e. The Morgan fingerprint density at radius 1 is 1.50 bits per heavy atom. The highest BCUT2D eigenvalue weighted by Crippen LogP contribution is 2.14. The molecule has 90 valence electrons. The molecule has 0 amide bonds. The molecule has 0 aliphatic carbocycles. The molecule has 0 saturated carbocycles. The van der Waals surface area contributed by atoms with Gasteiger partial charge in [-0.3, -0.25) is 0 Å². The van der Waals surface area contributed by atoms with Crippen molar-refractivity contribution in [3.63, 3.8) is 0 Å². The minimum absolute atomic E-state index is 0.112. The first kappa shape index (κ1) is 11.6. The first-order valence-corrected chi connectivity index (χ1v) is 7.28. The molecule has 0 fully saturated rings. The molecule has 0 saturated heterocycles. The van der Waals surface area contributed by atoms with Gasteiger partial charge < -0.3 is 4.57 Å². The number of hydrogen-bond donors (Lipinski definition) is 1. The van der Waals surface area contributed by atoms with Crippen LogP contribution in [0.2, 0.25) is 0 Å². The first-order valence-electron chi connectivity index (χ1n) is 5.63. The lowest BCUT2D eigenvalue weighted by molar-refractivity contribution is 0.522. The molecule has 0 bridgehead atoms. The van der Waals surface area contributed by atoms with Gasteiger partial charge in [0, 0.05) is 19.2 Å². The van der Waals surface area contributed by atoms with Gasteiger partial charge in [0.1, 0.15) is 5.82 Å². The summed E-state index contributed by atoms with van der Waals surface area (Å²) in [5.74, 6) is 1.19. The first-order chi connectivity index (χ1) is 7.61. The third kappa shape index (κ3) is 2.62. The zero-order valence-corrected chi connectivity index (χ0v) is 10.3. The molecule has 16 heavy (non-hydrogen) atoms. The number of nitrogens with one attached hydrogen (secondary N) is 1. The van der Waals surface area contributed by atoms with Gasteiger partial charge in [0.05, 0.1) is 18.0 Å². The van der Waals surface area contributed by atoms with Crippen molar-refractivity contribution in [3.05, 3.63) is 17.7 Å². The fourth-order valence-electron chi connectivity index (χ4n) is 1.84.